The minimum absolute atomic E-state index is 0.0559. The monoisotopic (exact) mass is 498 g/mol. The van der Waals surface area contributed by atoms with Crippen LogP contribution in [-0.2, 0) is 21.3 Å². The lowest BCUT2D eigenvalue weighted by molar-refractivity contribution is 0.0701. The second-order valence-corrected chi connectivity index (χ2v) is 11.9. The first-order valence-corrected chi connectivity index (χ1v) is 13.1. The zero-order chi connectivity index (χ0) is 21.8. The summed E-state index contributed by atoms with van der Waals surface area (Å²) in [7, 11) is -3.78. The van der Waals surface area contributed by atoms with Crippen molar-refractivity contribution in [1.29, 1.82) is 0 Å². The van der Waals surface area contributed by atoms with Gasteiger partial charge in [0.15, 0.2) is 9.84 Å². The summed E-state index contributed by atoms with van der Waals surface area (Å²) in [5.74, 6) is -0.993. The van der Waals surface area contributed by atoms with Gasteiger partial charge in [-0.05, 0) is 66.4 Å². The Morgan fingerprint density at radius 2 is 1.87 bits per heavy atom. The van der Waals surface area contributed by atoms with Crippen molar-refractivity contribution in [3.63, 3.8) is 0 Å². The van der Waals surface area contributed by atoms with Gasteiger partial charge in [-0.15, -0.1) is 23.1 Å². The summed E-state index contributed by atoms with van der Waals surface area (Å²) >= 11 is 14.9. The predicted molar refractivity (Wildman–Crippen MR) is 123 cm³/mol. The average molecular weight is 499 g/mol. The van der Waals surface area contributed by atoms with Crippen LogP contribution in [0, 0.1) is 13.8 Å². The first-order valence-electron chi connectivity index (χ1n) is 8.88. The maximum Gasteiger partial charge on any atom is 0.346 e. The molecule has 0 bridgehead atoms. The van der Waals surface area contributed by atoms with Gasteiger partial charge in [0.05, 0.1) is 10.6 Å². The van der Waals surface area contributed by atoms with Crippen LogP contribution in [0.1, 0.15) is 31.9 Å². The maximum absolute atomic E-state index is 13.3. The van der Waals surface area contributed by atoms with Gasteiger partial charge in [-0.2, -0.15) is 0 Å². The van der Waals surface area contributed by atoms with Crippen LogP contribution in [0.2, 0.25) is 10.0 Å². The van der Waals surface area contributed by atoms with Crippen molar-refractivity contribution in [2.75, 3.05) is 0 Å². The Balaban J connectivity index is 1.87. The highest BCUT2D eigenvalue weighted by Gasteiger charge is 2.31. The molecule has 0 aliphatic carbocycles. The van der Waals surface area contributed by atoms with E-state index in [-0.39, 0.29) is 15.5 Å². The van der Waals surface area contributed by atoms with Crippen LogP contribution >= 0.6 is 46.3 Å². The molecule has 9 heteroatoms. The smallest absolute Gasteiger partial charge is 0.346 e. The number of hydrogen-bond donors (Lipinski definition) is 1. The Morgan fingerprint density at radius 3 is 2.57 bits per heavy atom. The molecule has 0 spiro atoms. The molecule has 0 radical (unpaired) electrons. The number of halogens is 2. The van der Waals surface area contributed by atoms with E-state index in [0.29, 0.717) is 32.5 Å². The Morgan fingerprint density at radius 1 is 1.13 bits per heavy atom. The van der Waals surface area contributed by atoms with Gasteiger partial charge < -0.3 is 5.11 Å². The highest BCUT2D eigenvalue weighted by Crippen LogP contribution is 2.49. The van der Waals surface area contributed by atoms with Crippen LogP contribution in [-0.4, -0.2) is 19.5 Å². The number of thiophene rings is 1. The molecule has 0 saturated carbocycles. The molecule has 3 aromatic rings. The Kier molecular flexibility index (Phi) is 5.70. The van der Waals surface area contributed by atoms with Crippen LogP contribution in [0.4, 0.5) is 0 Å². The van der Waals surface area contributed by atoms with E-state index < -0.39 is 15.8 Å². The van der Waals surface area contributed by atoms with Crippen molar-refractivity contribution < 1.29 is 18.3 Å². The van der Waals surface area contributed by atoms with Crippen molar-refractivity contribution in [1.82, 2.24) is 0 Å². The number of sulfone groups is 1. The molecule has 2 aromatic carbocycles. The lowest BCUT2D eigenvalue weighted by Gasteiger charge is -2.17. The highest BCUT2D eigenvalue weighted by molar-refractivity contribution is 7.98. The predicted octanol–water partition coefficient (Wildman–Crippen LogP) is 6.62. The van der Waals surface area contributed by atoms with Gasteiger partial charge in [0.2, 0.25) is 0 Å². The van der Waals surface area contributed by atoms with E-state index in [4.69, 9.17) is 23.2 Å². The zero-order valence-corrected chi connectivity index (χ0v) is 19.9. The van der Waals surface area contributed by atoms with Crippen molar-refractivity contribution in [2.24, 2.45) is 0 Å². The van der Waals surface area contributed by atoms with Gasteiger partial charge in [-0.25, -0.2) is 13.2 Å². The largest absolute Gasteiger partial charge is 0.477 e. The molecule has 1 aliphatic rings. The maximum atomic E-state index is 13.3. The summed E-state index contributed by atoms with van der Waals surface area (Å²) in [6.45, 7) is 3.43. The molecular weight excluding hydrogens is 483 g/mol. The highest BCUT2D eigenvalue weighted by atomic mass is 35.5. The fourth-order valence-electron chi connectivity index (χ4n) is 3.51. The second-order valence-electron chi connectivity index (χ2n) is 7.08. The van der Waals surface area contributed by atoms with E-state index in [9.17, 15) is 18.3 Å². The number of benzene rings is 2. The van der Waals surface area contributed by atoms with E-state index in [2.05, 4.69) is 0 Å². The molecule has 0 saturated heterocycles. The Bertz CT molecular complexity index is 1310. The van der Waals surface area contributed by atoms with Crippen LogP contribution in [0.15, 0.2) is 40.1 Å². The first kappa shape index (κ1) is 21.7. The topological polar surface area (TPSA) is 71.4 Å². The van der Waals surface area contributed by atoms with Gasteiger partial charge >= 0.3 is 5.97 Å². The first-order chi connectivity index (χ1) is 14.1. The average Bonchev–Trinajstić information content (AvgIpc) is 3.03. The fourth-order valence-corrected chi connectivity index (χ4v) is 8.21. The van der Waals surface area contributed by atoms with Crippen molar-refractivity contribution in [2.45, 2.75) is 35.1 Å². The summed E-state index contributed by atoms with van der Waals surface area (Å²) in [5, 5.41) is 10.8. The van der Waals surface area contributed by atoms with Gasteiger partial charge in [-0.3, -0.25) is 0 Å². The van der Waals surface area contributed by atoms with E-state index in [1.165, 1.54) is 0 Å². The van der Waals surface area contributed by atoms with Gasteiger partial charge in [-0.1, -0.05) is 23.2 Å². The van der Waals surface area contributed by atoms with Gasteiger partial charge in [0.25, 0.3) is 0 Å². The Hall–Kier alpha value is -1.51. The molecule has 4 rings (SSSR count). The number of carboxylic acids is 1. The molecule has 1 aliphatic heterocycles. The van der Waals surface area contributed by atoms with Gasteiger partial charge in [0, 0.05) is 31.1 Å². The molecule has 156 valence electrons. The molecule has 1 aromatic heterocycles. The fraction of sp³-hybridized carbons (Fsp3) is 0.190. The van der Waals surface area contributed by atoms with Crippen molar-refractivity contribution in [3.05, 3.63) is 67.5 Å². The zero-order valence-electron chi connectivity index (χ0n) is 16.0. The number of rotatable bonds is 4. The van der Waals surface area contributed by atoms with Crippen LogP contribution in [0.5, 0.6) is 0 Å². The number of carboxylic acid groups (broad SMARTS) is 1. The van der Waals surface area contributed by atoms with E-state index in [0.717, 1.165) is 32.2 Å². The summed E-state index contributed by atoms with van der Waals surface area (Å²) in [6, 6.07) is 8.67. The van der Waals surface area contributed by atoms with E-state index in [1.54, 1.807) is 49.9 Å². The second kappa shape index (κ2) is 7.88. The number of thioether (sulfide) groups is 1. The molecule has 0 unspecified atom stereocenters. The minimum atomic E-state index is -3.78. The molecule has 0 fully saturated rings. The quantitative estimate of drug-likeness (QED) is 0.437. The van der Waals surface area contributed by atoms with Crippen LogP contribution in [0.25, 0.3) is 10.4 Å². The number of fused-ring (bicyclic) bond motifs is 3. The standard InChI is InChI=1S/C21H16Cl2O4S3/c1-10-6-18(11(2)5-16(10)23)30(26,27)9-15-14-8-28-17-4-3-12(22)7-13(17)19(14)29-20(15)21(24)25/h3-7H,8-9H2,1-2H3,(H,24,25). The number of aryl methyl sites for hydroxylation is 2. The SMILES string of the molecule is Cc1cc(S(=O)(=O)Cc2c(C(=O)O)sc3c2CSc2ccc(Cl)cc2-3)c(C)cc1Cl. The van der Waals surface area contributed by atoms with Crippen molar-refractivity contribution in [3.8, 4) is 10.4 Å². The van der Waals surface area contributed by atoms with Crippen LogP contribution in [0.3, 0.4) is 0 Å². The molecule has 4 nitrogen and oxygen atoms in total. The lowest BCUT2D eigenvalue weighted by Crippen LogP contribution is -2.11. The molecular formula is C21H16Cl2O4S3. The summed E-state index contributed by atoms with van der Waals surface area (Å²) in [6.07, 6.45) is 0. The summed E-state index contributed by atoms with van der Waals surface area (Å²) in [4.78, 5) is 14.0. The molecule has 2 heterocycles. The van der Waals surface area contributed by atoms with Crippen molar-refractivity contribution >= 4 is 62.1 Å². The normalized spacial score (nSPS) is 13.1. The molecule has 0 amide bonds. The summed E-state index contributed by atoms with van der Waals surface area (Å²) in [5.41, 5.74) is 3.16. The number of hydrogen-bond acceptors (Lipinski definition) is 5. The Labute approximate surface area is 192 Å². The molecule has 30 heavy (non-hydrogen) atoms. The molecule has 0 atom stereocenters. The number of aromatic carboxylic acids is 1. The third-order valence-electron chi connectivity index (χ3n) is 4.99. The number of carbonyl (C=O) groups is 1. The third kappa shape index (κ3) is 3.78. The summed E-state index contributed by atoms with van der Waals surface area (Å²) < 4.78 is 26.6. The molecule has 1 N–H and O–H groups in total. The van der Waals surface area contributed by atoms with Crippen LogP contribution < -0.4 is 0 Å². The van der Waals surface area contributed by atoms with E-state index in [1.807, 2.05) is 6.07 Å². The van der Waals surface area contributed by atoms with Gasteiger partial charge in [0.1, 0.15) is 4.88 Å². The third-order valence-corrected chi connectivity index (χ3v) is 9.81. The van der Waals surface area contributed by atoms with E-state index >= 15 is 0 Å². The minimum Gasteiger partial charge on any atom is -0.477 e. The lowest BCUT2D eigenvalue weighted by atomic mass is 10.1.